The first kappa shape index (κ1) is 22.7. The fourth-order valence-electron chi connectivity index (χ4n) is 2.61. The van der Waals surface area contributed by atoms with E-state index in [1.165, 1.54) is 24.3 Å². The Balaban J connectivity index is 1.98. The fraction of sp³-hybridized carbons (Fsp3) is 0.105. The second-order valence-corrected chi connectivity index (χ2v) is 5.98. The van der Waals surface area contributed by atoms with Gasteiger partial charge in [-0.15, -0.1) is 26.3 Å². The van der Waals surface area contributed by atoms with E-state index in [1.807, 2.05) is 0 Å². The molecule has 0 spiro atoms. The van der Waals surface area contributed by atoms with Crippen LogP contribution in [0.4, 0.5) is 26.3 Å². The lowest BCUT2D eigenvalue weighted by atomic mass is 10.2. The summed E-state index contributed by atoms with van der Waals surface area (Å²) in [6, 6.07) is 7.51. The standard InChI is InChI=1S/C19H9F6NO6/c20-18(21,22)31-13-7-5-10(9-14(13)32-19(23,24)25)6-8-15(27)26-12-4-2-1-3-11(12)16(28)30-17(26)29/h1-9H. The summed E-state index contributed by atoms with van der Waals surface area (Å²) in [4.78, 5) is 36.2. The van der Waals surface area contributed by atoms with Gasteiger partial charge >= 0.3 is 24.1 Å². The number of carbonyl (C=O) groups is 1. The highest BCUT2D eigenvalue weighted by Gasteiger charge is 2.36. The van der Waals surface area contributed by atoms with Crippen molar-refractivity contribution in [1.82, 2.24) is 4.57 Å². The van der Waals surface area contributed by atoms with Crippen molar-refractivity contribution < 1.29 is 45.0 Å². The van der Waals surface area contributed by atoms with Crippen molar-refractivity contribution in [2.75, 3.05) is 0 Å². The zero-order chi connectivity index (χ0) is 23.7. The van der Waals surface area contributed by atoms with Crippen molar-refractivity contribution in [3.05, 3.63) is 75.1 Å². The number of hydrogen-bond acceptors (Lipinski definition) is 6. The molecule has 0 saturated heterocycles. The van der Waals surface area contributed by atoms with Crippen LogP contribution in [0.15, 0.2) is 62.5 Å². The first-order valence-corrected chi connectivity index (χ1v) is 8.37. The van der Waals surface area contributed by atoms with Crippen LogP contribution in [0.1, 0.15) is 10.4 Å². The molecular weight excluding hydrogens is 452 g/mol. The first-order chi connectivity index (χ1) is 14.8. The number of benzene rings is 2. The van der Waals surface area contributed by atoms with Gasteiger partial charge in [0.05, 0.1) is 10.9 Å². The Kier molecular flexibility index (Phi) is 5.84. The van der Waals surface area contributed by atoms with E-state index >= 15 is 0 Å². The monoisotopic (exact) mass is 461 g/mol. The van der Waals surface area contributed by atoms with Crippen LogP contribution in [0.5, 0.6) is 11.5 Å². The molecule has 0 radical (unpaired) electrons. The van der Waals surface area contributed by atoms with Gasteiger partial charge in [0.25, 0.3) is 5.91 Å². The van der Waals surface area contributed by atoms with Crippen LogP contribution in [0.3, 0.4) is 0 Å². The van der Waals surface area contributed by atoms with Gasteiger partial charge in [-0.2, -0.15) is 0 Å². The van der Waals surface area contributed by atoms with Crippen LogP contribution in [-0.2, 0) is 0 Å². The SMILES string of the molecule is O=C(C=Cc1ccc(OC(F)(F)F)c(OC(F)(F)F)c1)n1c(=O)oc(=O)c2ccccc21. The minimum atomic E-state index is -5.32. The van der Waals surface area contributed by atoms with Crippen molar-refractivity contribution in [3.8, 4) is 11.5 Å². The van der Waals surface area contributed by atoms with Gasteiger partial charge in [-0.05, 0) is 35.9 Å². The lowest BCUT2D eigenvalue weighted by Crippen LogP contribution is -2.29. The Morgan fingerprint density at radius 3 is 2.19 bits per heavy atom. The molecule has 0 aliphatic rings. The second-order valence-electron chi connectivity index (χ2n) is 5.98. The molecule has 2 aromatic carbocycles. The summed E-state index contributed by atoms with van der Waals surface area (Å²) in [5.74, 6) is -4.91. The Hall–Kier alpha value is -4.03. The third kappa shape index (κ3) is 5.36. The Labute approximate surface area is 172 Å². The molecule has 0 aliphatic carbocycles. The van der Waals surface area contributed by atoms with Crippen LogP contribution >= 0.6 is 0 Å². The number of ether oxygens (including phenoxy) is 2. The topological polar surface area (TPSA) is 87.7 Å². The number of carbonyl (C=O) groups excluding carboxylic acids is 1. The van der Waals surface area contributed by atoms with Gasteiger partial charge in [0.1, 0.15) is 0 Å². The Bertz CT molecular complexity index is 1320. The molecule has 3 rings (SSSR count). The quantitative estimate of drug-likeness (QED) is 0.430. The maximum Gasteiger partial charge on any atom is 0.573 e. The molecule has 0 unspecified atom stereocenters. The third-order valence-electron chi connectivity index (χ3n) is 3.79. The molecule has 1 aromatic heterocycles. The predicted molar refractivity (Wildman–Crippen MR) is 96.2 cm³/mol. The van der Waals surface area contributed by atoms with Crippen LogP contribution in [0.2, 0.25) is 0 Å². The molecule has 0 aliphatic heterocycles. The van der Waals surface area contributed by atoms with Crippen molar-refractivity contribution in [2.45, 2.75) is 12.7 Å². The second kappa shape index (κ2) is 8.24. The number of aromatic nitrogens is 1. The number of nitrogens with zero attached hydrogens (tertiary/aromatic N) is 1. The van der Waals surface area contributed by atoms with E-state index in [0.717, 1.165) is 18.2 Å². The maximum atomic E-state index is 12.5. The smallest absolute Gasteiger partial charge is 0.402 e. The molecule has 1 heterocycles. The fourth-order valence-corrected chi connectivity index (χ4v) is 2.61. The minimum Gasteiger partial charge on any atom is -0.402 e. The number of fused-ring (bicyclic) bond motifs is 1. The molecule has 0 amide bonds. The number of rotatable bonds is 4. The lowest BCUT2D eigenvalue weighted by molar-refractivity contribution is -0.287. The normalized spacial score (nSPS) is 12.3. The van der Waals surface area contributed by atoms with Gasteiger partial charge in [-0.1, -0.05) is 18.2 Å². The Morgan fingerprint density at radius 2 is 1.53 bits per heavy atom. The number of hydrogen-bond donors (Lipinski definition) is 0. The molecule has 7 nitrogen and oxygen atoms in total. The summed E-state index contributed by atoms with van der Waals surface area (Å²) in [6.07, 6.45) is -8.95. The van der Waals surface area contributed by atoms with Gasteiger partial charge in [-0.3, -0.25) is 4.79 Å². The minimum absolute atomic E-state index is 0.0802. The zero-order valence-electron chi connectivity index (χ0n) is 15.4. The molecule has 0 fully saturated rings. The molecule has 0 bridgehead atoms. The van der Waals surface area contributed by atoms with E-state index in [-0.39, 0.29) is 16.5 Å². The van der Waals surface area contributed by atoms with E-state index < -0.39 is 41.5 Å². The summed E-state index contributed by atoms with van der Waals surface area (Å²) in [7, 11) is 0. The first-order valence-electron chi connectivity index (χ1n) is 8.37. The summed E-state index contributed by atoms with van der Waals surface area (Å²) in [6.45, 7) is 0. The van der Waals surface area contributed by atoms with Crippen LogP contribution in [0, 0.1) is 0 Å². The molecule has 32 heavy (non-hydrogen) atoms. The van der Waals surface area contributed by atoms with Crippen LogP contribution in [-0.4, -0.2) is 23.2 Å². The molecular formula is C19H9F6NO6. The van der Waals surface area contributed by atoms with Crippen molar-refractivity contribution in [2.24, 2.45) is 0 Å². The molecule has 0 saturated carbocycles. The highest BCUT2D eigenvalue weighted by atomic mass is 19.4. The van der Waals surface area contributed by atoms with Gasteiger partial charge in [-0.25, -0.2) is 14.2 Å². The molecule has 13 heteroatoms. The highest BCUT2D eigenvalue weighted by molar-refractivity contribution is 5.99. The average Bonchev–Trinajstić information content (AvgIpc) is 2.66. The Morgan fingerprint density at radius 1 is 0.906 bits per heavy atom. The van der Waals surface area contributed by atoms with Gasteiger partial charge in [0, 0.05) is 6.08 Å². The zero-order valence-corrected chi connectivity index (χ0v) is 15.4. The summed E-state index contributed by atoms with van der Waals surface area (Å²) in [5, 5.41) is -0.0802. The number of halogens is 6. The van der Waals surface area contributed by atoms with Gasteiger partial charge < -0.3 is 13.9 Å². The largest absolute Gasteiger partial charge is 0.573 e. The van der Waals surface area contributed by atoms with E-state index in [1.54, 1.807) is 0 Å². The average molecular weight is 461 g/mol. The van der Waals surface area contributed by atoms with E-state index in [9.17, 15) is 40.7 Å². The molecule has 3 aromatic rings. The van der Waals surface area contributed by atoms with E-state index in [4.69, 9.17) is 0 Å². The molecule has 0 atom stereocenters. The summed E-state index contributed by atoms with van der Waals surface area (Å²) in [5.41, 5.74) is -1.26. The van der Waals surface area contributed by atoms with E-state index in [2.05, 4.69) is 13.9 Å². The number of allylic oxidation sites excluding steroid dienone is 1. The van der Waals surface area contributed by atoms with Crippen molar-refractivity contribution in [3.63, 3.8) is 0 Å². The van der Waals surface area contributed by atoms with Gasteiger partial charge in [0.2, 0.25) is 0 Å². The summed E-state index contributed by atoms with van der Waals surface area (Å²) >= 11 is 0. The van der Waals surface area contributed by atoms with Crippen molar-refractivity contribution >= 4 is 22.9 Å². The van der Waals surface area contributed by atoms with Crippen LogP contribution in [0.25, 0.3) is 17.0 Å². The highest BCUT2D eigenvalue weighted by Crippen LogP contribution is 2.36. The maximum absolute atomic E-state index is 12.5. The van der Waals surface area contributed by atoms with Crippen molar-refractivity contribution in [1.29, 1.82) is 0 Å². The number of alkyl halides is 6. The predicted octanol–water partition coefficient (Wildman–Crippen LogP) is 4.11. The van der Waals surface area contributed by atoms with Gasteiger partial charge in [0.15, 0.2) is 11.5 Å². The molecule has 0 N–H and O–H groups in total. The summed E-state index contributed by atoms with van der Waals surface area (Å²) < 4.78 is 86.9. The van der Waals surface area contributed by atoms with Crippen LogP contribution < -0.4 is 20.9 Å². The third-order valence-corrected chi connectivity index (χ3v) is 3.79. The van der Waals surface area contributed by atoms with E-state index in [0.29, 0.717) is 16.7 Å². The number of para-hydroxylation sites is 1. The molecule has 168 valence electrons. The lowest BCUT2D eigenvalue weighted by Gasteiger charge is -2.15.